The quantitative estimate of drug-likeness (QED) is 0.657. The van der Waals surface area contributed by atoms with Crippen LogP contribution in [0.25, 0.3) is 0 Å². The van der Waals surface area contributed by atoms with Crippen LogP contribution in [-0.2, 0) is 4.79 Å². The number of hydrogen-bond acceptors (Lipinski definition) is 3. The van der Waals surface area contributed by atoms with Crippen molar-refractivity contribution in [1.82, 2.24) is 5.32 Å². The van der Waals surface area contributed by atoms with E-state index in [1.807, 2.05) is 30.3 Å². The summed E-state index contributed by atoms with van der Waals surface area (Å²) in [6.07, 6.45) is 4.78. The van der Waals surface area contributed by atoms with Gasteiger partial charge in [-0.05, 0) is 74.4 Å². The number of benzene rings is 2. The van der Waals surface area contributed by atoms with Gasteiger partial charge >= 0.3 is 5.97 Å². The fourth-order valence-electron chi connectivity index (χ4n) is 4.33. The van der Waals surface area contributed by atoms with Crippen molar-refractivity contribution in [2.45, 2.75) is 44.1 Å². The van der Waals surface area contributed by atoms with Crippen molar-refractivity contribution in [3.05, 3.63) is 65.7 Å². The molecule has 0 radical (unpaired) electrons. The van der Waals surface area contributed by atoms with Gasteiger partial charge in [-0.2, -0.15) is 0 Å². The Morgan fingerprint density at radius 1 is 0.931 bits per heavy atom. The largest absolute Gasteiger partial charge is 0.481 e. The lowest BCUT2D eigenvalue weighted by Crippen LogP contribution is -2.30. The molecule has 0 spiro atoms. The predicted molar refractivity (Wildman–Crippen MR) is 113 cm³/mol. The molecule has 152 valence electrons. The molecule has 2 aliphatic rings. The Labute approximate surface area is 171 Å². The van der Waals surface area contributed by atoms with Crippen LogP contribution in [0.4, 0.5) is 5.69 Å². The highest BCUT2D eigenvalue weighted by atomic mass is 16.4. The minimum absolute atomic E-state index is 0.0954. The number of amides is 1. The molecule has 0 aromatic heterocycles. The second kappa shape index (κ2) is 8.78. The average molecular weight is 392 g/mol. The molecular formula is C24H28N2O3. The van der Waals surface area contributed by atoms with Gasteiger partial charge in [0.2, 0.25) is 0 Å². The first-order valence-electron chi connectivity index (χ1n) is 10.5. The van der Waals surface area contributed by atoms with Gasteiger partial charge in [0, 0.05) is 23.2 Å². The van der Waals surface area contributed by atoms with Crippen LogP contribution in [-0.4, -0.2) is 29.6 Å². The minimum Gasteiger partial charge on any atom is -0.481 e. The first-order chi connectivity index (χ1) is 14.1. The molecule has 0 unspecified atom stereocenters. The number of carbonyl (C=O) groups is 2. The van der Waals surface area contributed by atoms with E-state index >= 15 is 0 Å². The summed E-state index contributed by atoms with van der Waals surface area (Å²) in [6.45, 7) is 0.985. The predicted octanol–water partition coefficient (Wildman–Crippen LogP) is 4.28. The van der Waals surface area contributed by atoms with E-state index in [4.69, 9.17) is 5.11 Å². The van der Waals surface area contributed by atoms with E-state index in [0.717, 1.165) is 44.3 Å². The van der Waals surface area contributed by atoms with Gasteiger partial charge in [-0.15, -0.1) is 0 Å². The van der Waals surface area contributed by atoms with Crippen molar-refractivity contribution in [3.63, 3.8) is 0 Å². The third kappa shape index (κ3) is 5.04. The van der Waals surface area contributed by atoms with E-state index in [1.54, 1.807) is 12.1 Å². The third-order valence-electron chi connectivity index (χ3n) is 6.29. The van der Waals surface area contributed by atoms with Crippen molar-refractivity contribution in [2.24, 2.45) is 11.8 Å². The lowest BCUT2D eigenvalue weighted by Gasteiger charge is -2.26. The molecule has 2 aromatic rings. The van der Waals surface area contributed by atoms with E-state index in [9.17, 15) is 9.59 Å². The summed E-state index contributed by atoms with van der Waals surface area (Å²) in [5.41, 5.74) is 2.76. The van der Waals surface area contributed by atoms with Gasteiger partial charge < -0.3 is 15.7 Å². The normalized spacial score (nSPS) is 25.9. The number of nitrogens with one attached hydrogen (secondary N) is 2. The highest BCUT2D eigenvalue weighted by Gasteiger charge is 2.38. The lowest BCUT2D eigenvalue weighted by molar-refractivity contribution is -0.143. The van der Waals surface area contributed by atoms with E-state index in [-0.39, 0.29) is 11.8 Å². The molecule has 0 aliphatic heterocycles. The van der Waals surface area contributed by atoms with Crippen LogP contribution in [0.1, 0.15) is 53.9 Å². The van der Waals surface area contributed by atoms with Crippen LogP contribution in [0.3, 0.4) is 0 Å². The Balaban J connectivity index is 1.22. The minimum atomic E-state index is -0.637. The van der Waals surface area contributed by atoms with Crippen LogP contribution in [0.2, 0.25) is 0 Å². The molecule has 1 amide bonds. The van der Waals surface area contributed by atoms with Crippen LogP contribution in [0, 0.1) is 11.8 Å². The van der Waals surface area contributed by atoms with Crippen LogP contribution in [0.5, 0.6) is 0 Å². The SMILES string of the molecule is O=C(Nc1ccc([C@@H]2C[C@H]2NCC2CCC(C(=O)O)CC2)cc1)c1ccccc1. The Morgan fingerprint density at radius 3 is 2.28 bits per heavy atom. The van der Waals surface area contributed by atoms with Gasteiger partial charge in [-0.3, -0.25) is 9.59 Å². The Kier molecular flexibility index (Phi) is 5.95. The van der Waals surface area contributed by atoms with Crippen LogP contribution >= 0.6 is 0 Å². The average Bonchev–Trinajstić information content (AvgIpc) is 3.53. The van der Waals surface area contributed by atoms with E-state index in [0.29, 0.717) is 23.4 Å². The number of hydrogen-bond donors (Lipinski definition) is 3. The molecule has 4 rings (SSSR count). The van der Waals surface area contributed by atoms with Gasteiger partial charge in [0.25, 0.3) is 5.91 Å². The molecule has 2 aromatic carbocycles. The summed E-state index contributed by atoms with van der Waals surface area (Å²) < 4.78 is 0. The molecule has 29 heavy (non-hydrogen) atoms. The Bertz CT molecular complexity index is 842. The van der Waals surface area contributed by atoms with Crippen LogP contribution in [0.15, 0.2) is 54.6 Å². The fourth-order valence-corrected chi connectivity index (χ4v) is 4.33. The molecule has 5 nitrogen and oxygen atoms in total. The lowest BCUT2D eigenvalue weighted by atomic mass is 9.82. The summed E-state index contributed by atoms with van der Waals surface area (Å²) in [4.78, 5) is 23.3. The number of carboxylic acids is 1. The molecule has 2 atom stereocenters. The van der Waals surface area contributed by atoms with Gasteiger partial charge in [0.05, 0.1) is 5.92 Å². The first kappa shape index (κ1) is 19.6. The van der Waals surface area contributed by atoms with Crippen LogP contribution < -0.4 is 10.6 Å². The Morgan fingerprint density at radius 2 is 1.62 bits per heavy atom. The van der Waals surface area contributed by atoms with Gasteiger partial charge in [0.1, 0.15) is 0 Å². The van der Waals surface area contributed by atoms with Crippen molar-refractivity contribution < 1.29 is 14.7 Å². The highest BCUT2D eigenvalue weighted by molar-refractivity contribution is 6.04. The highest BCUT2D eigenvalue weighted by Crippen LogP contribution is 2.41. The smallest absolute Gasteiger partial charge is 0.306 e. The fraction of sp³-hybridized carbons (Fsp3) is 0.417. The van der Waals surface area contributed by atoms with Gasteiger partial charge in [-0.1, -0.05) is 30.3 Å². The molecule has 0 saturated heterocycles. The molecule has 2 fully saturated rings. The third-order valence-corrected chi connectivity index (χ3v) is 6.29. The summed E-state index contributed by atoms with van der Waals surface area (Å²) in [5.74, 6) is 0.261. The van der Waals surface area contributed by atoms with Crippen molar-refractivity contribution in [1.29, 1.82) is 0 Å². The zero-order valence-corrected chi connectivity index (χ0v) is 16.5. The molecule has 2 saturated carbocycles. The van der Waals surface area contributed by atoms with Gasteiger partial charge in [-0.25, -0.2) is 0 Å². The number of aliphatic carboxylic acids is 1. The first-order valence-corrected chi connectivity index (χ1v) is 10.5. The maximum Gasteiger partial charge on any atom is 0.306 e. The van der Waals surface area contributed by atoms with Crippen molar-refractivity contribution >= 4 is 17.6 Å². The number of rotatable bonds is 7. The zero-order valence-electron chi connectivity index (χ0n) is 16.5. The topological polar surface area (TPSA) is 78.4 Å². The van der Waals surface area contributed by atoms with Crippen molar-refractivity contribution in [3.8, 4) is 0 Å². The number of carboxylic acid groups (broad SMARTS) is 1. The molecule has 0 heterocycles. The molecule has 0 bridgehead atoms. The van der Waals surface area contributed by atoms with E-state index in [2.05, 4.69) is 22.8 Å². The molecular weight excluding hydrogens is 364 g/mol. The maximum absolute atomic E-state index is 12.2. The monoisotopic (exact) mass is 392 g/mol. The summed E-state index contributed by atoms with van der Waals surface area (Å²) >= 11 is 0. The molecule has 3 N–H and O–H groups in total. The standard InChI is InChI=1S/C24H28N2O3/c27-23(18-4-2-1-3-5-18)26-20-12-10-17(11-13-20)21-14-22(21)25-15-16-6-8-19(9-7-16)24(28)29/h1-5,10-13,16,19,21-22,25H,6-9,14-15H2,(H,26,27)(H,28,29)/t16?,19?,21-,22+/m0/s1. The summed E-state index contributed by atoms with van der Waals surface area (Å²) in [5, 5.41) is 15.7. The van der Waals surface area contributed by atoms with E-state index < -0.39 is 5.97 Å². The maximum atomic E-state index is 12.2. The second-order valence-corrected chi connectivity index (χ2v) is 8.35. The number of carbonyl (C=O) groups excluding carboxylic acids is 1. The molecule has 2 aliphatic carbocycles. The number of anilines is 1. The Hall–Kier alpha value is -2.66. The van der Waals surface area contributed by atoms with E-state index in [1.165, 1.54) is 5.56 Å². The van der Waals surface area contributed by atoms with Crippen molar-refractivity contribution in [2.75, 3.05) is 11.9 Å². The second-order valence-electron chi connectivity index (χ2n) is 8.35. The zero-order chi connectivity index (χ0) is 20.2. The summed E-state index contributed by atoms with van der Waals surface area (Å²) in [7, 11) is 0. The summed E-state index contributed by atoms with van der Waals surface area (Å²) in [6, 6.07) is 17.9. The molecule has 5 heteroatoms. The van der Waals surface area contributed by atoms with Gasteiger partial charge in [0.15, 0.2) is 0 Å².